The van der Waals surface area contributed by atoms with E-state index in [-0.39, 0.29) is 5.56 Å². The van der Waals surface area contributed by atoms with Gasteiger partial charge in [-0.2, -0.15) is 0 Å². The van der Waals surface area contributed by atoms with Crippen LogP contribution in [-0.4, -0.2) is 38.5 Å². The molecule has 0 saturated carbocycles. The third kappa shape index (κ3) is 6.60. The molecule has 3 aromatic carbocycles. The number of esters is 1. The van der Waals surface area contributed by atoms with Crippen LogP contribution in [0.5, 0.6) is 11.5 Å². The molecule has 8 nitrogen and oxygen atoms in total. The molecule has 1 atom stereocenters. The molecule has 0 spiro atoms. The molecule has 0 aliphatic rings. The van der Waals surface area contributed by atoms with E-state index < -0.39 is 30.4 Å². The molecule has 182 valence electrons. The van der Waals surface area contributed by atoms with Crippen molar-refractivity contribution in [2.45, 2.75) is 20.0 Å². The molecule has 0 aromatic heterocycles. The lowest BCUT2D eigenvalue weighted by molar-refractivity contribution is -0.153. The van der Waals surface area contributed by atoms with Gasteiger partial charge in [0.1, 0.15) is 6.54 Å². The molecule has 2 amide bonds. The van der Waals surface area contributed by atoms with Crippen LogP contribution in [0.15, 0.2) is 66.7 Å². The highest BCUT2D eigenvalue weighted by Crippen LogP contribution is 2.27. The van der Waals surface area contributed by atoms with E-state index in [0.29, 0.717) is 22.7 Å². The van der Waals surface area contributed by atoms with Crippen LogP contribution in [0.25, 0.3) is 0 Å². The summed E-state index contributed by atoms with van der Waals surface area (Å²) in [6.45, 7) is 3.38. The standard InChI is InChI=1S/C27H28N2O6/c1-17-10-11-18(2)21(14-17)29-27(32)25(19-8-6-5-7-9-19)35-24(30)16-28-26(31)20-12-13-22(33-3)23(15-20)34-4/h5-15,25H,16H2,1-4H3,(H,28,31)(H,29,32). The number of aryl methyl sites for hydroxylation is 2. The smallest absolute Gasteiger partial charge is 0.326 e. The third-order valence-electron chi connectivity index (χ3n) is 5.28. The predicted molar refractivity (Wildman–Crippen MR) is 132 cm³/mol. The molecule has 1 unspecified atom stereocenters. The molecule has 2 N–H and O–H groups in total. The lowest BCUT2D eigenvalue weighted by atomic mass is 10.1. The summed E-state index contributed by atoms with van der Waals surface area (Å²) in [7, 11) is 2.96. The molecular formula is C27H28N2O6. The fourth-order valence-corrected chi connectivity index (χ4v) is 3.37. The Kier molecular flexibility index (Phi) is 8.45. The normalized spacial score (nSPS) is 11.2. The number of hydrogen-bond donors (Lipinski definition) is 2. The molecule has 0 aliphatic carbocycles. The summed E-state index contributed by atoms with van der Waals surface area (Å²) in [4.78, 5) is 38.2. The van der Waals surface area contributed by atoms with Gasteiger partial charge in [-0.05, 0) is 49.2 Å². The van der Waals surface area contributed by atoms with Crippen LogP contribution >= 0.6 is 0 Å². The second kappa shape index (κ2) is 11.7. The van der Waals surface area contributed by atoms with Gasteiger partial charge in [-0.1, -0.05) is 42.5 Å². The Hall–Kier alpha value is -4.33. The quantitative estimate of drug-likeness (QED) is 0.453. The van der Waals surface area contributed by atoms with Gasteiger partial charge in [-0.25, -0.2) is 0 Å². The summed E-state index contributed by atoms with van der Waals surface area (Å²) < 4.78 is 15.9. The van der Waals surface area contributed by atoms with E-state index in [1.807, 2.05) is 32.0 Å². The van der Waals surface area contributed by atoms with Gasteiger partial charge in [0.05, 0.1) is 14.2 Å². The number of nitrogens with one attached hydrogen (secondary N) is 2. The highest BCUT2D eigenvalue weighted by Gasteiger charge is 2.26. The number of hydrogen-bond acceptors (Lipinski definition) is 6. The molecule has 0 radical (unpaired) electrons. The number of amides is 2. The molecule has 0 aliphatic heterocycles. The maximum atomic E-state index is 13.1. The van der Waals surface area contributed by atoms with E-state index in [2.05, 4.69) is 10.6 Å². The maximum absolute atomic E-state index is 13.1. The zero-order chi connectivity index (χ0) is 25.4. The van der Waals surface area contributed by atoms with Gasteiger partial charge < -0.3 is 24.8 Å². The number of carbonyl (C=O) groups excluding carboxylic acids is 3. The molecule has 3 rings (SSSR count). The molecule has 0 saturated heterocycles. The Morgan fingerprint density at radius 3 is 2.26 bits per heavy atom. The Balaban J connectivity index is 1.70. The second-order valence-electron chi connectivity index (χ2n) is 7.84. The van der Waals surface area contributed by atoms with Crippen molar-refractivity contribution in [2.24, 2.45) is 0 Å². The molecule has 0 bridgehead atoms. The first-order valence-electron chi connectivity index (χ1n) is 10.9. The minimum Gasteiger partial charge on any atom is -0.493 e. The monoisotopic (exact) mass is 476 g/mol. The molecule has 35 heavy (non-hydrogen) atoms. The molecular weight excluding hydrogens is 448 g/mol. The van der Waals surface area contributed by atoms with Crippen LogP contribution in [0, 0.1) is 13.8 Å². The van der Waals surface area contributed by atoms with Crippen molar-refractivity contribution in [3.05, 3.63) is 89.0 Å². The summed E-state index contributed by atoms with van der Waals surface area (Å²) in [5, 5.41) is 5.35. The maximum Gasteiger partial charge on any atom is 0.326 e. The number of anilines is 1. The van der Waals surface area contributed by atoms with Gasteiger partial charge >= 0.3 is 5.97 Å². The average molecular weight is 477 g/mol. The van der Waals surface area contributed by atoms with Crippen LogP contribution in [0.3, 0.4) is 0 Å². The lowest BCUT2D eigenvalue weighted by Crippen LogP contribution is -2.33. The zero-order valence-electron chi connectivity index (χ0n) is 20.1. The number of carbonyl (C=O) groups is 3. The van der Waals surface area contributed by atoms with Crippen molar-refractivity contribution in [3.8, 4) is 11.5 Å². The molecule has 3 aromatic rings. The van der Waals surface area contributed by atoms with Crippen molar-refractivity contribution in [1.82, 2.24) is 5.32 Å². The highest BCUT2D eigenvalue weighted by molar-refractivity contribution is 5.98. The summed E-state index contributed by atoms with van der Waals surface area (Å²) in [5.74, 6) is -0.897. The van der Waals surface area contributed by atoms with Crippen molar-refractivity contribution in [3.63, 3.8) is 0 Å². The van der Waals surface area contributed by atoms with Gasteiger partial charge in [0.25, 0.3) is 11.8 Å². The topological polar surface area (TPSA) is 103 Å². The van der Waals surface area contributed by atoms with Gasteiger partial charge in [-0.3, -0.25) is 14.4 Å². The van der Waals surface area contributed by atoms with Crippen LogP contribution in [0.4, 0.5) is 5.69 Å². The lowest BCUT2D eigenvalue weighted by Gasteiger charge is -2.19. The van der Waals surface area contributed by atoms with Gasteiger partial charge in [-0.15, -0.1) is 0 Å². The Morgan fingerprint density at radius 2 is 1.57 bits per heavy atom. The summed E-state index contributed by atoms with van der Waals surface area (Å²) in [5.41, 5.74) is 3.28. The number of benzene rings is 3. The van der Waals surface area contributed by atoms with Gasteiger partial charge in [0, 0.05) is 16.8 Å². The Bertz CT molecular complexity index is 1210. The first kappa shape index (κ1) is 25.3. The van der Waals surface area contributed by atoms with Crippen LogP contribution in [-0.2, 0) is 14.3 Å². The first-order valence-corrected chi connectivity index (χ1v) is 10.9. The SMILES string of the molecule is COc1ccc(C(=O)NCC(=O)OC(C(=O)Nc2cc(C)ccc2C)c2ccccc2)cc1OC. The zero-order valence-corrected chi connectivity index (χ0v) is 20.1. The average Bonchev–Trinajstić information content (AvgIpc) is 2.87. The number of rotatable bonds is 9. The summed E-state index contributed by atoms with van der Waals surface area (Å²) >= 11 is 0. The fourth-order valence-electron chi connectivity index (χ4n) is 3.37. The van der Waals surface area contributed by atoms with E-state index in [4.69, 9.17) is 14.2 Å². The van der Waals surface area contributed by atoms with Crippen molar-refractivity contribution in [2.75, 3.05) is 26.1 Å². The van der Waals surface area contributed by atoms with Gasteiger partial charge in [0.2, 0.25) is 6.10 Å². The van der Waals surface area contributed by atoms with Crippen LogP contribution in [0.2, 0.25) is 0 Å². The van der Waals surface area contributed by atoms with Crippen molar-refractivity contribution >= 4 is 23.5 Å². The van der Waals surface area contributed by atoms with E-state index in [0.717, 1.165) is 11.1 Å². The largest absolute Gasteiger partial charge is 0.493 e. The Labute approximate surface area is 204 Å². The fraction of sp³-hybridized carbons (Fsp3) is 0.222. The van der Waals surface area contributed by atoms with E-state index in [1.54, 1.807) is 42.5 Å². The van der Waals surface area contributed by atoms with E-state index >= 15 is 0 Å². The molecule has 0 fully saturated rings. The molecule has 0 heterocycles. The summed E-state index contributed by atoms with van der Waals surface area (Å²) in [6, 6.07) is 19.0. The van der Waals surface area contributed by atoms with Crippen molar-refractivity contribution < 1.29 is 28.6 Å². The van der Waals surface area contributed by atoms with Crippen LogP contribution < -0.4 is 20.1 Å². The summed E-state index contributed by atoms with van der Waals surface area (Å²) in [6.07, 6.45) is -1.19. The molecule has 8 heteroatoms. The third-order valence-corrected chi connectivity index (χ3v) is 5.28. The first-order chi connectivity index (χ1) is 16.8. The van der Waals surface area contributed by atoms with Gasteiger partial charge in [0.15, 0.2) is 11.5 Å². The number of methoxy groups -OCH3 is 2. The van der Waals surface area contributed by atoms with Crippen LogP contribution in [0.1, 0.15) is 33.2 Å². The second-order valence-corrected chi connectivity index (χ2v) is 7.84. The minimum absolute atomic E-state index is 0.280. The van der Waals surface area contributed by atoms with Crippen molar-refractivity contribution in [1.29, 1.82) is 0 Å². The minimum atomic E-state index is -1.19. The Morgan fingerprint density at radius 1 is 0.857 bits per heavy atom. The predicted octanol–water partition coefficient (Wildman–Crippen LogP) is 3.97. The van der Waals surface area contributed by atoms with E-state index in [9.17, 15) is 14.4 Å². The number of ether oxygens (including phenoxy) is 3. The highest BCUT2D eigenvalue weighted by atomic mass is 16.5. The van der Waals surface area contributed by atoms with E-state index in [1.165, 1.54) is 20.3 Å².